The Labute approximate surface area is 171 Å². The number of aliphatic hydroxyl groups excluding tert-OH is 1. The zero-order valence-electron chi connectivity index (χ0n) is 17.3. The Morgan fingerprint density at radius 2 is 1.62 bits per heavy atom. The third-order valence-corrected chi connectivity index (χ3v) is 4.66. The van der Waals surface area contributed by atoms with Crippen molar-refractivity contribution >= 4 is 0 Å². The summed E-state index contributed by atoms with van der Waals surface area (Å²) in [6.07, 6.45) is -0.602. The Morgan fingerprint density at radius 3 is 2.24 bits per heavy atom. The number of rotatable bonds is 12. The van der Waals surface area contributed by atoms with E-state index in [2.05, 4.69) is 24.1 Å². The molecule has 0 amide bonds. The molecule has 0 saturated carbocycles. The van der Waals surface area contributed by atoms with E-state index >= 15 is 0 Å². The van der Waals surface area contributed by atoms with E-state index in [0.29, 0.717) is 36.7 Å². The average Bonchev–Trinajstić information content (AvgIpc) is 2.73. The van der Waals surface area contributed by atoms with Gasteiger partial charge in [-0.2, -0.15) is 0 Å². The van der Waals surface area contributed by atoms with Gasteiger partial charge in [0, 0.05) is 19.6 Å². The summed E-state index contributed by atoms with van der Waals surface area (Å²) >= 11 is 0. The van der Waals surface area contributed by atoms with Gasteiger partial charge in [0.25, 0.3) is 0 Å². The molecule has 5 nitrogen and oxygen atoms in total. The summed E-state index contributed by atoms with van der Waals surface area (Å²) < 4.78 is 37.4. The Balaban J connectivity index is 1.92. The van der Waals surface area contributed by atoms with Crippen LogP contribution in [0.4, 0.5) is 8.78 Å². The van der Waals surface area contributed by atoms with E-state index in [4.69, 9.17) is 9.47 Å². The third kappa shape index (κ3) is 7.27. The van der Waals surface area contributed by atoms with E-state index in [1.807, 2.05) is 12.1 Å². The lowest BCUT2D eigenvalue weighted by Gasteiger charge is -2.22. The van der Waals surface area contributed by atoms with Crippen molar-refractivity contribution < 1.29 is 23.4 Å². The maximum absolute atomic E-state index is 13.3. The number of halogens is 2. The standard InChI is InChI=1S/C22H30F2N2O3/c1-4-26(5-2)14-18(27)15-29-22-11-17(7-9-21(22)28-3)13-25-12-16-6-8-19(23)20(24)10-16/h6-11,18,25,27H,4-5,12-15H2,1-3H3/t18-/m1/s1. The van der Waals surface area contributed by atoms with Gasteiger partial charge in [0.1, 0.15) is 12.7 Å². The second kappa shape index (κ2) is 11.7. The predicted molar refractivity (Wildman–Crippen MR) is 109 cm³/mol. The van der Waals surface area contributed by atoms with Gasteiger partial charge in [-0.3, -0.25) is 0 Å². The first-order valence-electron chi connectivity index (χ1n) is 9.81. The smallest absolute Gasteiger partial charge is 0.161 e. The van der Waals surface area contributed by atoms with Gasteiger partial charge in [0.05, 0.1) is 7.11 Å². The van der Waals surface area contributed by atoms with Crippen molar-refractivity contribution in [2.75, 3.05) is 33.4 Å². The normalized spacial score (nSPS) is 12.2. The molecule has 29 heavy (non-hydrogen) atoms. The van der Waals surface area contributed by atoms with Gasteiger partial charge >= 0.3 is 0 Å². The van der Waals surface area contributed by atoms with Gasteiger partial charge in [0.15, 0.2) is 23.1 Å². The monoisotopic (exact) mass is 408 g/mol. The molecular formula is C22H30F2N2O3. The first-order chi connectivity index (χ1) is 14.0. The van der Waals surface area contributed by atoms with Crippen LogP contribution in [0.1, 0.15) is 25.0 Å². The van der Waals surface area contributed by atoms with Crippen LogP contribution in [0.2, 0.25) is 0 Å². The molecule has 0 aliphatic rings. The molecular weight excluding hydrogens is 378 g/mol. The summed E-state index contributed by atoms with van der Waals surface area (Å²) in [7, 11) is 1.57. The minimum absolute atomic E-state index is 0.165. The average molecular weight is 408 g/mol. The molecule has 0 spiro atoms. The number of benzene rings is 2. The fourth-order valence-electron chi connectivity index (χ4n) is 2.96. The van der Waals surface area contributed by atoms with Crippen LogP contribution in [0.3, 0.4) is 0 Å². The molecule has 7 heteroatoms. The third-order valence-electron chi connectivity index (χ3n) is 4.66. The first-order valence-corrected chi connectivity index (χ1v) is 9.81. The van der Waals surface area contributed by atoms with E-state index < -0.39 is 17.7 Å². The minimum Gasteiger partial charge on any atom is -0.493 e. The fraction of sp³-hybridized carbons (Fsp3) is 0.455. The molecule has 0 aliphatic carbocycles. The molecule has 0 radical (unpaired) electrons. The summed E-state index contributed by atoms with van der Waals surface area (Å²) in [5, 5.41) is 13.4. The highest BCUT2D eigenvalue weighted by molar-refractivity contribution is 5.43. The first kappa shape index (κ1) is 23.1. The fourth-order valence-corrected chi connectivity index (χ4v) is 2.96. The SMILES string of the molecule is CCN(CC)C[C@@H](O)COc1cc(CNCc2ccc(F)c(F)c2)ccc1OC. The predicted octanol–water partition coefficient (Wildman–Crippen LogP) is 3.34. The van der Waals surface area contributed by atoms with E-state index in [0.717, 1.165) is 24.7 Å². The topological polar surface area (TPSA) is 54.0 Å². The van der Waals surface area contributed by atoms with E-state index in [1.54, 1.807) is 19.2 Å². The largest absolute Gasteiger partial charge is 0.493 e. The van der Waals surface area contributed by atoms with E-state index in [-0.39, 0.29) is 6.61 Å². The molecule has 2 rings (SSSR count). The molecule has 0 unspecified atom stereocenters. The number of likely N-dealkylation sites (N-methyl/N-ethyl adjacent to an activating group) is 1. The van der Waals surface area contributed by atoms with Crippen LogP contribution in [-0.2, 0) is 13.1 Å². The summed E-state index contributed by atoms with van der Waals surface area (Å²) in [6, 6.07) is 9.40. The zero-order valence-corrected chi connectivity index (χ0v) is 17.3. The number of aliphatic hydroxyl groups is 1. The van der Waals surface area contributed by atoms with Crippen LogP contribution in [0.15, 0.2) is 36.4 Å². The van der Waals surface area contributed by atoms with Crippen molar-refractivity contribution in [1.82, 2.24) is 10.2 Å². The quantitative estimate of drug-likeness (QED) is 0.564. The lowest BCUT2D eigenvalue weighted by molar-refractivity contribution is 0.0705. The second-order valence-corrected chi connectivity index (χ2v) is 6.79. The van der Waals surface area contributed by atoms with Gasteiger partial charge in [-0.1, -0.05) is 26.0 Å². The van der Waals surface area contributed by atoms with Gasteiger partial charge in [-0.05, 0) is 48.5 Å². The Kier molecular flexibility index (Phi) is 9.31. The maximum atomic E-state index is 13.3. The molecule has 0 aromatic heterocycles. The van der Waals surface area contributed by atoms with Crippen molar-refractivity contribution in [3.05, 3.63) is 59.2 Å². The van der Waals surface area contributed by atoms with Crippen LogP contribution in [0.25, 0.3) is 0 Å². The van der Waals surface area contributed by atoms with E-state index in [9.17, 15) is 13.9 Å². The van der Waals surface area contributed by atoms with Gasteiger partial charge < -0.3 is 24.8 Å². The van der Waals surface area contributed by atoms with Crippen molar-refractivity contribution in [1.29, 1.82) is 0 Å². The van der Waals surface area contributed by atoms with Crippen LogP contribution in [0.5, 0.6) is 11.5 Å². The molecule has 2 aromatic carbocycles. The number of nitrogens with zero attached hydrogens (tertiary/aromatic N) is 1. The van der Waals surface area contributed by atoms with E-state index in [1.165, 1.54) is 6.07 Å². The van der Waals surface area contributed by atoms with Crippen molar-refractivity contribution in [3.8, 4) is 11.5 Å². The molecule has 2 aromatic rings. The van der Waals surface area contributed by atoms with Gasteiger partial charge in [-0.25, -0.2) is 8.78 Å². The van der Waals surface area contributed by atoms with Crippen LogP contribution in [-0.4, -0.2) is 49.5 Å². The summed E-state index contributed by atoms with van der Waals surface area (Å²) in [5.41, 5.74) is 1.61. The molecule has 0 fully saturated rings. The maximum Gasteiger partial charge on any atom is 0.161 e. The Hall–Kier alpha value is -2.22. The Bertz CT molecular complexity index is 770. The number of hydrogen-bond acceptors (Lipinski definition) is 5. The molecule has 0 saturated heterocycles. The van der Waals surface area contributed by atoms with Crippen molar-refractivity contribution in [2.24, 2.45) is 0 Å². The molecule has 1 atom stereocenters. The Morgan fingerprint density at radius 1 is 0.966 bits per heavy atom. The number of hydrogen-bond donors (Lipinski definition) is 2. The second-order valence-electron chi connectivity index (χ2n) is 6.79. The number of nitrogens with one attached hydrogen (secondary N) is 1. The molecule has 160 valence electrons. The number of ether oxygens (including phenoxy) is 2. The molecule has 0 aliphatic heterocycles. The van der Waals surface area contributed by atoms with Crippen molar-refractivity contribution in [2.45, 2.75) is 33.0 Å². The highest BCUT2D eigenvalue weighted by atomic mass is 19.2. The lowest BCUT2D eigenvalue weighted by Crippen LogP contribution is -2.35. The lowest BCUT2D eigenvalue weighted by atomic mass is 10.1. The summed E-state index contributed by atoms with van der Waals surface area (Å²) in [4.78, 5) is 2.13. The van der Waals surface area contributed by atoms with Gasteiger partial charge in [0.2, 0.25) is 0 Å². The van der Waals surface area contributed by atoms with Crippen molar-refractivity contribution in [3.63, 3.8) is 0 Å². The molecule has 0 heterocycles. The molecule has 0 bridgehead atoms. The highest BCUT2D eigenvalue weighted by Gasteiger charge is 2.12. The number of methoxy groups -OCH3 is 1. The van der Waals surface area contributed by atoms with Crippen LogP contribution >= 0.6 is 0 Å². The summed E-state index contributed by atoms with van der Waals surface area (Å²) in [5.74, 6) is -0.566. The molecule has 2 N–H and O–H groups in total. The highest BCUT2D eigenvalue weighted by Crippen LogP contribution is 2.28. The van der Waals surface area contributed by atoms with Crippen LogP contribution < -0.4 is 14.8 Å². The minimum atomic E-state index is -0.854. The zero-order chi connectivity index (χ0) is 21.2. The van der Waals surface area contributed by atoms with Crippen LogP contribution in [0, 0.1) is 11.6 Å². The summed E-state index contributed by atoms with van der Waals surface area (Å²) in [6.45, 7) is 7.48. The van der Waals surface area contributed by atoms with Gasteiger partial charge in [-0.15, -0.1) is 0 Å².